The molecule has 3 aromatic rings. The predicted octanol–water partition coefficient (Wildman–Crippen LogP) is 4.55. The molecule has 0 amide bonds. The molecule has 0 saturated carbocycles. The van der Waals surface area contributed by atoms with Crippen molar-refractivity contribution in [3.8, 4) is 5.75 Å². The minimum Gasteiger partial charge on any atom is -0.493 e. The van der Waals surface area contributed by atoms with Crippen molar-refractivity contribution in [2.75, 3.05) is 45.0 Å². The number of benzene rings is 3. The van der Waals surface area contributed by atoms with Crippen molar-refractivity contribution >= 4 is 58.7 Å². The molecule has 0 unspecified atom stereocenters. The topological polar surface area (TPSA) is 191 Å². The standard InChI is InChI=1S/C32H35N3O10S3/c1-7-45-29-19-23(33-24-14-20(2)15-25(18-24)46(36,37)38)10-11-26(29)32(21-8-12-27(34(3)4)30(16-21)47(39,40)41)22-9-13-28(35(5)6)31(17-22)48(42,43)44/h8-19H,7H2,1-6H3,(H3,36,37,38,39,40,41,42,43,44)/p+1. The highest BCUT2D eigenvalue weighted by molar-refractivity contribution is 7.91. The number of nitrogens with zero attached hydrogens (tertiary/aromatic N) is 2. The minimum absolute atomic E-state index is 0.187. The maximum Gasteiger partial charge on any atom is 0.301 e. The summed E-state index contributed by atoms with van der Waals surface area (Å²) in [6.07, 6.45) is 4.37. The van der Waals surface area contributed by atoms with Crippen molar-refractivity contribution < 1.29 is 48.2 Å². The third-order valence-electron chi connectivity index (χ3n) is 7.20. The molecule has 4 N–H and O–H groups in total. The van der Waals surface area contributed by atoms with Gasteiger partial charge in [0.25, 0.3) is 20.2 Å². The van der Waals surface area contributed by atoms with Gasteiger partial charge in [-0.3, -0.25) is 13.7 Å². The molecule has 0 bridgehead atoms. The number of nitrogens with one attached hydrogen (secondary N) is 1. The first-order valence-corrected chi connectivity index (χ1v) is 18.6. The second-order valence-corrected chi connectivity index (χ2v) is 15.5. The summed E-state index contributed by atoms with van der Waals surface area (Å²) in [7, 11) is -7.49. The van der Waals surface area contributed by atoms with Crippen molar-refractivity contribution in [3.63, 3.8) is 0 Å². The van der Waals surface area contributed by atoms with Crippen molar-refractivity contribution in [3.05, 3.63) is 100.0 Å². The molecule has 256 valence electrons. The van der Waals surface area contributed by atoms with E-state index in [4.69, 9.17) is 4.74 Å². The summed E-state index contributed by atoms with van der Waals surface area (Å²) in [5.74, 6) is 0.273. The van der Waals surface area contributed by atoms with E-state index >= 15 is 0 Å². The molecule has 0 aromatic heterocycles. The van der Waals surface area contributed by atoms with E-state index in [-0.39, 0.29) is 39.8 Å². The van der Waals surface area contributed by atoms with Gasteiger partial charge in [-0.25, -0.2) is 4.58 Å². The Kier molecular flexibility index (Phi) is 10.4. The van der Waals surface area contributed by atoms with Crippen LogP contribution >= 0.6 is 0 Å². The Hall–Kier alpha value is -4.32. The first-order chi connectivity index (χ1) is 22.2. The van der Waals surface area contributed by atoms with Gasteiger partial charge in [0.2, 0.25) is 5.71 Å². The first-order valence-electron chi connectivity index (χ1n) is 14.3. The summed E-state index contributed by atoms with van der Waals surface area (Å²) in [4.78, 5) is 0.425. The molecular weight excluding hydrogens is 683 g/mol. The van der Waals surface area contributed by atoms with Crippen LogP contribution in [0.15, 0.2) is 93.1 Å². The van der Waals surface area contributed by atoms with E-state index in [0.29, 0.717) is 28.1 Å². The van der Waals surface area contributed by atoms with Crippen LogP contribution in [-0.2, 0) is 30.4 Å². The molecule has 1 aliphatic carbocycles. The van der Waals surface area contributed by atoms with Gasteiger partial charge >= 0.3 is 10.1 Å². The Bertz CT molecular complexity index is 2250. The third kappa shape index (κ3) is 8.21. The third-order valence-corrected chi connectivity index (χ3v) is 9.80. The molecule has 0 saturated heterocycles. The van der Waals surface area contributed by atoms with E-state index in [0.717, 1.165) is 0 Å². The van der Waals surface area contributed by atoms with E-state index in [1.54, 1.807) is 78.4 Å². The summed E-state index contributed by atoms with van der Waals surface area (Å²) >= 11 is 0. The summed E-state index contributed by atoms with van der Waals surface area (Å²) in [6.45, 7) is 3.60. The molecule has 48 heavy (non-hydrogen) atoms. The van der Waals surface area contributed by atoms with Gasteiger partial charge in [-0.05, 0) is 90.7 Å². The van der Waals surface area contributed by atoms with E-state index in [2.05, 4.69) is 5.32 Å². The van der Waals surface area contributed by atoms with Crippen LogP contribution in [0.5, 0.6) is 5.75 Å². The lowest BCUT2D eigenvalue weighted by Gasteiger charge is -2.21. The number of allylic oxidation sites excluding steroid dienone is 5. The lowest BCUT2D eigenvalue weighted by Crippen LogP contribution is -2.21. The largest absolute Gasteiger partial charge is 0.493 e. The molecule has 16 heteroatoms. The van der Waals surface area contributed by atoms with Crippen LogP contribution in [-0.4, -0.2) is 84.0 Å². The maximum absolute atomic E-state index is 12.5. The lowest BCUT2D eigenvalue weighted by atomic mass is 9.89. The average Bonchev–Trinajstić information content (AvgIpc) is 2.96. The van der Waals surface area contributed by atoms with E-state index in [1.807, 2.05) is 0 Å². The molecular formula is C32H36N3O10S3+. The highest BCUT2D eigenvalue weighted by atomic mass is 32.2. The molecule has 4 rings (SSSR count). The van der Waals surface area contributed by atoms with Gasteiger partial charge in [-0.15, -0.1) is 0 Å². The second kappa shape index (κ2) is 13.7. The summed E-state index contributed by atoms with van der Waals surface area (Å²) < 4.78 is 111. The fourth-order valence-corrected chi connectivity index (χ4v) is 7.38. The van der Waals surface area contributed by atoms with Crippen LogP contribution < -0.4 is 15.0 Å². The SMILES string of the molecule is CCOc1cc(Nc2cc(C)cc(S(=O)(=O)O)c2)ccc1C(=C1C=CC(=[N+](C)C)C(S(=O)(=O)O)=C1)c1ccc(N(C)C)c(S(=O)(=O)O)c1. The van der Waals surface area contributed by atoms with Crippen LogP contribution in [0.25, 0.3) is 5.57 Å². The molecule has 0 fully saturated rings. The van der Waals surface area contributed by atoms with Crippen LogP contribution in [0, 0.1) is 6.92 Å². The lowest BCUT2D eigenvalue weighted by molar-refractivity contribution is -0.462. The average molecular weight is 719 g/mol. The van der Waals surface area contributed by atoms with Crippen molar-refractivity contribution in [2.24, 2.45) is 0 Å². The molecule has 0 radical (unpaired) electrons. The van der Waals surface area contributed by atoms with Crippen molar-refractivity contribution in [2.45, 2.75) is 23.6 Å². The van der Waals surface area contributed by atoms with Crippen LogP contribution in [0.1, 0.15) is 23.6 Å². The first kappa shape index (κ1) is 36.5. The van der Waals surface area contributed by atoms with E-state index in [9.17, 15) is 38.9 Å². The van der Waals surface area contributed by atoms with E-state index in [1.165, 1.54) is 45.9 Å². The highest BCUT2D eigenvalue weighted by Gasteiger charge is 2.29. The number of aryl methyl sites for hydroxylation is 1. The molecule has 0 atom stereocenters. The molecule has 1 aliphatic rings. The smallest absolute Gasteiger partial charge is 0.301 e. The summed E-state index contributed by atoms with van der Waals surface area (Å²) in [6, 6.07) is 13.5. The number of hydrogen-bond acceptors (Lipinski definition) is 9. The van der Waals surface area contributed by atoms with Gasteiger partial charge in [0, 0.05) is 43.2 Å². The second-order valence-electron chi connectivity index (χ2n) is 11.3. The fraction of sp³-hybridized carbons (Fsp3) is 0.219. The molecule has 13 nitrogen and oxygen atoms in total. The van der Waals surface area contributed by atoms with Gasteiger partial charge in [0.05, 0.1) is 17.2 Å². The van der Waals surface area contributed by atoms with Crippen molar-refractivity contribution in [1.82, 2.24) is 0 Å². The maximum atomic E-state index is 12.5. The summed E-state index contributed by atoms with van der Waals surface area (Å²) in [5, 5.41) is 3.10. The van der Waals surface area contributed by atoms with Gasteiger partial charge in [-0.2, -0.15) is 25.3 Å². The van der Waals surface area contributed by atoms with Gasteiger partial charge in [-0.1, -0.05) is 6.07 Å². The van der Waals surface area contributed by atoms with Crippen LogP contribution in [0.4, 0.5) is 17.1 Å². The molecule has 3 aromatic carbocycles. The van der Waals surface area contributed by atoms with Crippen LogP contribution in [0.3, 0.4) is 0 Å². The Balaban J connectivity index is 2.04. The quantitative estimate of drug-likeness (QED) is 0.169. The van der Waals surface area contributed by atoms with E-state index < -0.39 is 40.2 Å². The molecule has 0 aliphatic heterocycles. The Morgan fingerprint density at radius 1 is 0.833 bits per heavy atom. The van der Waals surface area contributed by atoms with Crippen LogP contribution in [0.2, 0.25) is 0 Å². The van der Waals surface area contributed by atoms with Crippen molar-refractivity contribution in [1.29, 1.82) is 0 Å². The molecule has 0 heterocycles. The Labute approximate surface area is 280 Å². The number of anilines is 3. The zero-order chi connectivity index (χ0) is 35.8. The normalized spacial score (nSPS) is 14.8. The van der Waals surface area contributed by atoms with Gasteiger partial charge in [0.1, 0.15) is 24.7 Å². The number of rotatable bonds is 10. The summed E-state index contributed by atoms with van der Waals surface area (Å²) in [5.41, 5.74) is 3.02. The molecule has 0 spiro atoms. The Morgan fingerprint density at radius 2 is 1.52 bits per heavy atom. The number of hydrogen-bond donors (Lipinski definition) is 4. The Morgan fingerprint density at radius 3 is 2.08 bits per heavy atom. The number of ether oxygens (including phenoxy) is 1. The predicted molar refractivity (Wildman–Crippen MR) is 184 cm³/mol. The highest BCUT2D eigenvalue weighted by Crippen LogP contribution is 2.40. The fourth-order valence-electron chi connectivity index (χ4n) is 5.19. The zero-order valence-electron chi connectivity index (χ0n) is 27.0. The zero-order valence-corrected chi connectivity index (χ0v) is 29.4. The monoisotopic (exact) mass is 718 g/mol. The van der Waals surface area contributed by atoms with Gasteiger partial charge < -0.3 is 15.0 Å². The van der Waals surface area contributed by atoms with Gasteiger partial charge in [0.15, 0.2) is 4.91 Å². The minimum atomic E-state index is -4.73.